The zero-order valence-corrected chi connectivity index (χ0v) is 14.1. The molecule has 8 nitrogen and oxygen atoms in total. The Morgan fingerprint density at radius 3 is 1.68 bits per heavy atom. The number of hydrogen-bond donors (Lipinski definition) is 0. The van der Waals surface area contributed by atoms with Gasteiger partial charge in [-0.3, -0.25) is 9.36 Å². The fraction of sp³-hybridized carbons (Fsp3) is 0.412. The second kappa shape index (κ2) is 7.33. The molecule has 1 aliphatic heterocycles. The summed E-state index contributed by atoms with van der Waals surface area (Å²) in [6.45, 7) is 5.63. The first-order valence-corrected chi connectivity index (χ1v) is 8.64. The van der Waals surface area contributed by atoms with Crippen molar-refractivity contribution in [1.29, 1.82) is 0 Å². The molecule has 0 saturated heterocycles. The van der Waals surface area contributed by atoms with E-state index in [1.807, 2.05) is 9.36 Å². The molecule has 0 radical (unpaired) electrons. The Labute approximate surface area is 146 Å². The van der Waals surface area contributed by atoms with Crippen molar-refractivity contribution in [3.05, 3.63) is 49.6 Å². The highest BCUT2D eigenvalue weighted by Gasteiger charge is 2.20. The molecular formula is C17H22N8. The van der Waals surface area contributed by atoms with E-state index in [0.29, 0.717) is 0 Å². The van der Waals surface area contributed by atoms with Gasteiger partial charge in [-0.1, -0.05) is 12.1 Å². The van der Waals surface area contributed by atoms with Crippen LogP contribution < -0.4 is 9.80 Å². The standard InChI is InChI=1S/C17H22N8/c1-2-5-17-16(4-1)22(8-10-24-14-18-12-20-24)6-3-7-23(17)9-11-25-15-19-13-21-25/h1-2,4-5,12-15H,3,6-11H2. The minimum atomic E-state index is 0.841. The molecule has 0 spiro atoms. The van der Waals surface area contributed by atoms with Crippen molar-refractivity contribution >= 4 is 11.4 Å². The van der Waals surface area contributed by atoms with E-state index in [0.717, 1.165) is 45.7 Å². The van der Waals surface area contributed by atoms with E-state index in [1.165, 1.54) is 11.4 Å². The van der Waals surface area contributed by atoms with Crippen molar-refractivity contribution in [2.45, 2.75) is 19.5 Å². The van der Waals surface area contributed by atoms with Gasteiger partial charge in [-0.2, -0.15) is 10.2 Å². The third kappa shape index (κ3) is 3.62. The van der Waals surface area contributed by atoms with E-state index in [4.69, 9.17) is 0 Å². The molecule has 0 fully saturated rings. The van der Waals surface area contributed by atoms with Gasteiger partial charge in [-0.05, 0) is 18.6 Å². The minimum Gasteiger partial charge on any atom is -0.368 e. The number of rotatable bonds is 6. The highest BCUT2D eigenvalue weighted by molar-refractivity contribution is 5.72. The van der Waals surface area contributed by atoms with Gasteiger partial charge in [0.1, 0.15) is 25.3 Å². The van der Waals surface area contributed by atoms with Crippen molar-refractivity contribution in [1.82, 2.24) is 29.5 Å². The third-order valence-electron chi connectivity index (χ3n) is 4.55. The van der Waals surface area contributed by atoms with Crippen molar-refractivity contribution in [3.8, 4) is 0 Å². The maximum atomic E-state index is 4.21. The molecule has 3 heterocycles. The second-order valence-corrected chi connectivity index (χ2v) is 6.13. The van der Waals surface area contributed by atoms with E-state index in [-0.39, 0.29) is 0 Å². The lowest BCUT2D eigenvalue weighted by atomic mass is 10.2. The Balaban J connectivity index is 1.49. The van der Waals surface area contributed by atoms with Gasteiger partial charge in [-0.25, -0.2) is 9.97 Å². The summed E-state index contributed by atoms with van der Waals surface area (Å²) in [6, 6.07) is 8.65. The molecule has 8 heteroatoms. The largest absolute Gasteiger partial charge is 0.368 e. The molecule has 4 rings (SSSR count). The van der Waals surface area contributed by atoms with Gasteiger partial charge in [0.2, 0.25) is 0 Å². The fourth-order valence-corrected chi connectivity index (χ4v) is 3.30. The first-order valence-electron chi connectivity index (χ1n) is 8.64. The summed E-state index contributed by atoms with van der Waals surface area (Å²) in [4.78, 5) is 12.9. The molecule has 0 N–H and O–H groups in total. The van der Waals surface area contributed by atoms with Crippen LogP contribution in [-0.4, -0.2) is 55.7 Å². The number of aromatic nitrogens is 6. The van der Waals surface area contributed by atoms with E-state index >= 15 is 0 Å². The number of nitrogens with zero attached hydrogens (tertiary/aromatic N) is 8. The molecule has 1 aliphatic rings. The zero-order valence-electron chi connectivity index (χ0n) is 14.1. The van der Waals surface area contributed by atoms with Crippen LogP contribution in [-0.2, 0) is 13.1 Å². The summed E-state index contributed by atoms with van der Waals surface area (Å²) in [5, 5.41) is 8.41. The average molecular weight is 338 g/mol. The molecule has 0 atom stereocenters. The first-order chi connectivity index (χ1) is 12.4. The number of benzene rings is 1. The molecular weight excluding hydrogens is 316 g/mol. The number of fused-ring (bicyclic) bond motifs is 1. The molecule has 130 valence electrons. The Kier molecular flexibility index (Phi) is 4.58. The van der Waals surface area contributed by atoms with Crippen LogP contribution in [0.1, 0.15) is 6.42 Å². The van der Waals surface area contributed by atoms with E-state index < -0.39 is 0 Å². The topological polar surface area (TPSA) is 67.9 Å². The highest BCUT2D eigenvalue weighted by Crippen LogP contribution is 2.31. The molecule has 25 heavy (non-hydrogen) atoms. The van der Waals surface area contributed by atoms with Crippen LogP contribution in [0.4, 0.5) is 11.4 Å². The van der Waals surface area contributed by atoms with Crippen LogP contribution in [0.25, 0.3) is 0 Å². The molecule has 2 aromatic heterocycles. The van der Waals surface area contributed by atoms with Gasteiger partial charge in [0.15, 0.2) is 0 Å². The van der Waals surface area contributed by atoms with Gasteiger partial charge in [0.25, 0.3) is 0 Å². The van der Waals surface area contributed by atoms with Gasteiger partial charge in [0.05, 0.1) is 24.5 Å². The molecule has 0 aliphatic carbocycles. The van der Waals surface area contributed by atoms with E-state index in [9.17, 15) is 0 Å². The molecule has 3 aromatic rings. The van der Waals surface area contributed by atoms with Crippen LogP contribution in [0.2, 0.25) is 0 Å². The van der Waals surface area contributed by atoms with Crippen LogP contribution in [0.5, 0.6) is 0 Å². The van der Waals surface area contributed by atoms with Crippen LogP contribution in [0.3, 0.4) is 0 Å². The predicted molar refractivity (Wildman–Crippen MR) is 95.5 cm³/mol. The molecule has 0 unspecified atom stereocenters. The summed E-state index contributed by atoms with van der Waals surface area (Å²) in [7, 11) is 0. The van der Waals surface area contributed by atoms with Gasteiger partial charge in [0, 0.05) is 26.2 Å². The first kappa shape index (κ1) is 15.6. The quantitative estimate of drug-likeness (QED) is 0.675. The smallest absolute Gasteiger partial charge is 0.137 e. The SMILES string of the molecule is c1ccc2c(c1)N(CCn1cncn1)CCCN2CCn1cncn1. The van der Waals surface area contributed by atoms with Crippen molar-refractivity contribution in [2.24, 2.45) is 0 Å². The lowest BCUT2D eigenvalue weighted by Crippen LogP contribution is -2.28. The Morgan fingerprint density at radius 1 is 0.720 bits per heavy atom. The summed E-state index contributed by atoms with van der Waals surface area (Å²) < 4.78 is 3.77. The predicted octanol–water partition coefficient (Wildman–Crippen LogP) is 1.29. The summed E-state index contributed by atoms with van der Waals surface area (Å²) in [6.07, 6.45) is 7.84. The summed E-state index contributed by atoms with van der Waals surface area (Å²) >= 11 is 0. The zero-order chi connectivity index (χ0) is 16.9. The Hall–Kier alpha value is -2.90. The monoisotopic (exact) mass is 338 g/mol. The number of hydrogen-bond acceptors (Lipinski definition) is 6. The lowest BCUT2D eigenvalue weighted by molar-refractivity contribution is 0.581. The maximum Gasteiger partial charge on any atom is 0.137 e. The molecule has 0 saturated carbocycles. The summed E-state index contributed by atoms with van der Waals surface area (Å²) in [5.74, 6) is 0. The van der Waals surface area contributed by atoms with E-state index in [2.05, 4.69) is 54.2 Å². The van der Waals surface area contributed by atoms with Crippen LogP contribution in [0, 0.1) is 0 Å². The average Bonchev–Trinajstić information content (AvgIpc) is 3.32. The molecule has 0 bridgehead atoms. The molecule has 0 amide bonds. The lowest BCUT2D eigenvalue weighted by Gasteiger charge is -2.27. The van der Waals surface area contributed by atoms with Crippen molar-refractivity contribution < 1.29 is 0 Å². The molecule has 1 aromatic carbocycles. The fourth-order valence-electron chi connectivity index (χ4n) is 3.30. The van der Waals surface area contributed by atoms with Gasteiger partial charge >= 0.3 is 0 Å². The van der Waals surface area contributed by atoms with E-state index in [1.54, 1.807) is 25.3 Å². The maximum absolute atomic E-state index is 4.21. The normalized spacial score (nSPS) is 14.4. The highest BCUT2D eigenvalue weighted by atomic mass is 15.3. The Bertz CT molecular complexity index is 703. The summed E-state index contributed by atoms with van der Waals surface area (Å²) in [5.41, 5.74) is 2.58. The Morgan fingerprint density at radius 2 is 1.24 bits per heavy atom. The number of para-hydroxylation sites is 2. The minimum absolute atomic E-state index is 0.841. The van der Waals surface area contributed by atoms with Crippen molar-refractivity contribution in [2.75, 3.05) is 36.0 Å². The van der Waals surface area contributed by atoms with Gasteiger partial charge < -0.3 is 9.80 Å². The van der Waals surface area contributed by atoms with Crippen molar-refractivity contribution in [3.63, 3.8) is 0 Å². The van der Waals surface area contributed by atoms with Crippen LogP contribution >= 0.6 is 0 Å². The third-order valence-corrected chi connectivity index (χ3v) is 4.55. The number of anilines is 2. The van der Waals surface area contributed by atoms with Crippen LogP contribution in [0.15, 0.2) is 49.6 Å². The second-order valence-electron chi connectivity index (χ2n) is 6.13. The van der Waals surface area contributed by atoms with Gasteiger partial charge in [-0.15, -0.1) is 0 Å².